The van der Waals surface area contributed by atoms with Gasteiger partial charge in [-0.2, -0.15) is 0 Å². The van der Waals surface area contributed by atoms with Crippen molar-refractivity contribution in [2.75, 3.05) is 12.3 Å². The largest absolute Gasteiger partial charge is 0.398 e. The van der Waals surface area contributed by atoms with E-state index in [0.29, 0.717) is 23.1 Å². The first-order valence-electron chi connectivity index (χ1n) is 9.02. The van der Waals surface area contributed by atoms with E-state index in [-0.39, 0.29) is 0 Å². The van der Waals surface area contributed by atoms with Gasteiger partial charge in [-0.05, 0) is 43.2 Å². The summed E-state index contributed by atoms with van der Waals surface area (Å²) >= 11 is 6.26. The topological polar surface area (TPSA) is 62.4 Å². The van der Waals surface area contributed by atoms with Crippen LogP contribution in [-0.4, -0.2) is 12.4 Å². The number of nitrogen functional groups attached to an aromatic ring is 1. The third kappa shape index (κ3) is 6.50. The van der Waals surface area contributed by atoms with E-state index in [4.69, 9.17) is 22.3 Å². The number of amidine groups is 1. The minimum Gasteiger partial charge on any atom is -0.398 e. The second kappa shape index (κ2) is 10.4. The third-order valence-corrected chi connectivity index (χ3v) is 4.27. The van der Waals surface area contributed by atoms with E-state index in [1.165, 1.54) is 0 Å². The molecule has 2 rings (SSSR count). The maximum atomic E-state index is 6.26. The zero-order chi connectivity index (χ0) is 19.6. The molecule has 0 bridgehead atoms. The lowest BCUT2D eigenvalue weighted by molar-refractivity contribution is 0.768. The second-order valence-electron chi connectivity index (χ2n) is 6.25. The molecule has 0 amide bonds. The second-order valence-corrected chi connectivity index (χ2v) is 6.66. The van der Waals surface area contributed by atoms with Crippen LogP contribution in [0.3, 0.4) is 0 Å². The van der Waals surface area contributed by atoms with Crippen molar-refractivity contribution in [3.05, 3.63) is 88.7 Å². The van der Waals surface area contributed by atoms with Gasteiger partial charge < -0.3 is 16.4 Å². The lowest BCUT2D eigenvalue weighted by Crippen LogP contribution is -2.25. The highest BCUT2D eigenvalue weighted by atomic mass is 35.5. The van der Waals surface area contributed by atoms with Gasteiger partial charge in [-0.25, -0.2) is 0 Å². The average Bonchev–Trinajstić information content (AvgIpc) is 2.65. The highest BCUT2D eigenvalue weighted by Gasteiger charge is 2.08. The van der Waals surface area contributed by atoms with E-state index in [1.807, 2.05) is 61.5 Å². The molecule has 0 aliphatic heterocycles. The monoisotopic (exact) mass is 382 g/mol. The zero-order valence-electron chi connectivity index (χ0n) is 15.9. The predicted molar refractivity (Wildman–Crippen MR) is 117 cm³/mol. The Balaban J connectivity index is 2.25. The molecule has 0 aromatic heterocycles. The third-order valence-electron chi connectivity index (χ3n) is 3.90. The summed E-state index contributed by atoms with van der Waals surface area (Å²) in [5.74, 6) is 0.664. The summed E-state index contributed by atoms with van der Waals surface area (Å²) in [5, 5.41) is 7.31. The van der Waals surface area contributed by atoms with Crippen molar-refractivity contribution < 1.29 is 0 Å². The Morgan fingerprint density at radius 3 is 2.59 bits per heavy atom. The first-order valence-corrected chi connectivity index (χ1v) is 9.40. The van der Waals surface area contributed by atoms with E-state index in [0.717, 1.165) is 35.5 Å². The van der Waals surface area contributed by atoms with Crippen molar-refractivity contribution >= 4 is 23.1 Å². The molecule has 2 aromatic rings. The van der Waals surface area contributed by atoms with E-state index < -0.39 is 0 Å². The minimum absolute atomic E-state index is 0.445. The molecule has 4 N–H and O–H groups in total. The first kappa shape index (κ1) is 20.6. The Kier molecular flexibility index (Phi) is 7.96. The van der Waals surface area contributed by atoms with Gasteiger partial charge >= 0.3 is 0 Å². The summed E-state index contributed by atoms with van der Waals surface area (Å²) in [5.41, 5.74) is 10.4. The Labute approximate surface area is 166 Å². The molecule has 0 unspecified atom stereocenters. The van der Waals surface area contributed by atoms with Crippen LogP contribution in [0.4, 0.5) is 5.69 Å². The standard InChI is InChI=1S/C22H27ClN4/c1-4-13-25-16(2)14-17(3)27-22(19-10-6-8-12-21(19)24)26-15-18-9-5-7-11-20(18)23/h5-12,14,25H,3-4,13,15,24H2,1-2H3,(H,26,27)/b16-14-. The van der Waals surface area contributed by atoms with E-state index in [9.17, 15) is 0 Å². The number of benzene rings is 2. The van der Waals surface area contributed by atoms with Crippen LogP contribution in [0.25, 0.3) is 0 Å². The van der Waals surface area contributed by atoms with Crippen LogP contribution < -0.4 is 16.4 Å². The number of aliphatic imine (C=N–C) groups is 1. The lowest BCUT2D eigenvalue weighted by Gasteiger charge is -2.14. The van der Waals surface area contributed by atoms with Gasteiger partial charge in [-0.1, -0.05) is 55.4 Å². The summed E-state index contributed by atoms with van der Waals surface area (Å²) in [6.07, 6.45) is 3.02. The smallest absolute Gasteiger partial charge is 0.135 e. The van der Waals surface area contributed by atoms with Crippen molar-refractivity contribution in [1.82, 2.24) is 10.6 Å². The molecule has 0 heterocycles. The maximum absolute atomic E-state index is 6.26. The van der Waals surface area contributed by atoms with Gasteiger partial charge in [0, 0.05) is 34.2 Å². The van der Waals surface area contributed by atoms with Crippen LogP contribution in [0, 0.1) is 0 Å². The fraction of sp³-hybridized carbons (Fsp3) is 0.227. The Morgan fingerprint density at radius 1 is 1.19 bits per heavy atom. The SMILES string of the molecule is C=C(/C=C(/C)NCCC)NC(=NCc1ccccc1Cl)c1ccccc1N. The summed E-state index contributed by atoms with van der Waals surface area (Å²) in [6, 6.07) is 15.3. The van der Waals surface area contributed by atoms with Crippen LogP contribution in [0.2, 0.25) is 5.02 Å². The number of hydrogen-bond donors (Lipinski definition) is 3. The molecule has 0 saturated heterocycles. The van der Waals surface area contributed by atoms with Crippen LogP contribution in [0.1, 0.15) is 31.4 Å². The normalized spacial score (nSPS) is 12.0. The first-order chi connectivity index (χ1) is 13.0. The number of nitrogens with one attached hydrogen (secondary N) is 2. The van der Waals surface area contributed by atoms with Crippen molar-refractivity contribution in [2.24, 2.45) is 4.99 Å². The molecule has 142 valence electrons. The Hall–Kier alpha value is -2.72. The number of anilines is 1. The van der Waals surface area contributed by atoms with Gasteiger partial charge in [-0.3, -0.25) is 4.99 Å². The molecule has 0 fully saturated rings. The van der Waals surface area contributed by atoms with Crippen molar-refractivity contribution in [1.29, 1.82) is 0 Å². The molecule has 0 aliphatic rings. The van der Waals surface area contributed by atoms with Crippen LogP contribution in [0.15, 0.2) is 77.6 Å². The average molecular weight is 383 g/mol. The molecule has 4 nitrogen and oxygen atoms in total. The quantitative estimate of drug-likeness (QED) is 0.264. The van der Waals surface area contributed by atoms with Crippen molar-refractivity contribution in [2.45, 2.75) is 26.8 Å². The number of rotatable bonds is 8. The molecule has 0 atom stereocenters. The molecule has 2 aromatic carbocycles. The lowest BCUT2D eigenvalue weighted by atomic mass is 10.1. The van der Waals surface area contributed by atoms with Gasteiger partial charge in [-0.15, -0.1) is 0 Å². The van der Waals surface area contributed by atoms with Crippen molar-refractivity contribution in [3.63, 3.8) is 0 Å². The number of nitrogens with two attached hydrogens (primary N) is 1. The van der Waals surface area contributed by atoms with E-state index >= 15 is 0 Å². The number of para-hydroxylation sites is 1. The van der Waals surface area contributed by atoms with E-state index in [2.05, 4.69) is 24.1 Å². The molecule has 0 aliphatic carbocycles. The van der Waals surface area contributed by atoms with E-state index in [1.54, 1.807) is 0 Å². The van der Waals surface area contributed by atoms with Gasteiger partial charge in [0.25, 0.3) is 0 Å². The van der Waals surface area contributed by atoms with Gasteiger partial charge in [0.1, 0.15) is 5.84 Å². The summed E-state index contributed by atoms with van der Waals surface area (Å²) < 4.78 is 0. The highest BCUT2D eigenvalue weighted by molar-refractivity contribution is 6.31. The number of nitrogens with zero attached hydrogens (tertiary/aromatic N) is 1. The summed E-state index contributed by atoms with van der Waals surface area (Å²) in [4.78, 5) is 4.73. The molecular weight excluding hydrogens is 356 g/mol. The fourth-order valence-corrected chi connectivity index (χ4v) is 2.71. The zero-order valence-corrected chi connectivity index (χ0v) is 16.7. The molecule has 0 radical (unpaired) electrons. The fourth-order valence-electron chi connectivity index (χ4n) is 2.52. The van der Waals surface area contributed by atoms with Gasteiger partial charge in [0.05, 0.1) is 6.54 Å². The number of halogens is 1. The molecule has 5 heteroatoms. The summed E-state index contributed by atoms with van der Waals surface area (Å²) in [7, 11) is 0. The molecular formula is C22H27ClN4. The Bertz CT molecular complexity index is 840. The summed E-state index contributed by atoms with van der Waals surface area (Å²) in [6.45, 7) is 9.61. The van der Waals surface area contributed by atoms with Crippen LogP contribution in [-0.2, 0) is 6.54 Å². The molecule has 0 spiro atoms. The van der Waals surface area contributed by atoms with Crippen LogP contribution in [0.5, 0.6) is 0 Å². The predicted octanol–water partition coefficient (Wildman–Crippen LogP) is 4.88. The minimum atomic E-state index is 0.445. The molecule has 27 heavy (non-hydrogen) atoms. The van der Waals surface area contributed by atoms with Gasteiger partial charge in [0.2, 0.25) is 0 Å². The maximum Gasteiger partial charge on any atom is 0.135 e. The number of hydrogen-bond acceptors (Lipinski definition) is 3. The Morgan fingerprint density at radius 2 is 1.89 bits per heavy atom. The van der Waals surface area contributed by atoms with Crippen LogP contribution >= 0.6 is 11.6 Å². The van der Waals surface area contributed by atoms with Crippen molar-refractivity contribution in [3.8, 4) is 0 Å². The number of allylic oxidation sites excluding steroid dienone is 2. The van der Waals surface area contributed by atoms with Gasteiger partial charge in [0.15, 0.2) is 0 Å². The molecule has 0 saturated carbocycles. The highest BCUT2D eigenvalue weighted by Crippen LogP contribution is 2.17.